The molecule has 1 N–H and O–H groups in total. The third-order valence-corrected chi connectivity index (χ3v) is 5.04. The van der Waals surface area contributed by atoms with Crippen molar-refractivity contribution in [3.63, 3.8) is 0 Å². The molecule has 1 aromatic carbocycles. The fourth-order valence-electron chi connectivity index (χ4n) is 2.55. The summed E-state index contributed by atoms with van der Waals surface area (Å²) in [6.45, 7) is 0. The van der Waals surface area contributed by atoms with Crippen molar-refractivity contribution in [1.29, 1.82) is 0 Å². The number of ether oxygens (including phenoxy) is 1. The zero-order valence-electron chi connectivity index (χ0n) is 13.9. The first-order valence-corrected chi connectivity index (χ1v) is 8.85. The first-order valence-electron chi connectivity index (χ1n) is 8.03. The van der Waals surface area contributed by atoms with Crippen molar-refractivity contribution in [2.24, 2.45) is 0 Å². The maximum Gasteiger partial charge on any atom is 0.348 e. The van der Waals surface area contributed by atoms with Gasteiger partial charge in [-0.25, -0.2) is 9.48 Å². The number of amides is 1. The molecular weight excluding hydrogens is 354 g/mol. The van der Waals surface area contributed by atoms with E-state index >= 15 is 0 Å². The summed E-state index contributed by atoms with van der Waals surface area (Å²) >= 11 is 1.09. The van der Waals surface area contributed by atoms with E-state index in [0.29, 0.717) is 27.3 Å². The molecule has 9 heteroatoms. The van der Waals surface area contributed by atoms with Crippen molar-refractivity contribution in [3.8, 4) is 11.4 Å². The van der Waals surface area contributed by atoms with Gasteiger partial charge in [-0.15, -0.1) is 16.4 Å². The Labute approximate surface area is 152 Å². The summed E-state index contributed by atoms with van der Waals surface area (Å²) in [7, 11) is 1.31. The molecule has 0 spiro atoms. The molecule has 26 heavy (non-hydrogen) atoms. The van der Waals surface area contributed by atoms with Crippen molar-refractivity contribution in [2.75, 3.05) is 12.4 Å². The molecule has 132 valence electrons. The highest BCUT2D eigenvalue weighted by Gasteiger charge is 2.28. The highest BCUT2D eigenvalue weighted by atomic mass is 32.1. The molecule has 8 nitrogen and oxygen atoms in total. The van der Waals surface area contributed by atoms with Crippen molar-refractivity contribution in [2.45, 2.75) is 18.9 Å². The van der Waals surface area contributed by atoms with E-state index in [1.54, 1.807) is 18.2 Å². The first kappa shape index (κ1) is 16.4. The number of hydrogen-bond acceptors (Lipinski definition) is 7. The number of aromatic nitrogens is 4. The van der Waals surface area contributed by atoms with Crippen LogP contribution in [0.1, 0.15) is 38.2 Å². The van der Waals surface area contributed by atoms with E-state index in [1.165, 1.54) is 7.11 Å². The van der Waals surface area contributed by atoms with Gasteiger partial charge >= 0.3 is 5.97 Å². The lowest BCUT2D eigenvalue weighted by Gasteiger charge is -2.07. The maximum absolute atomic E-state index is 12.4. The number of carbonyl (C=O) groups is 2. The number of nitrogens with zero attached hydrogens (tertiary/aromatic N) is 4. The minimum absolute atomic E-state index is 0.288. The molecule has 2 heterocycles. The second kappa shape index (κ2) is 6.68. The van der Waals surface area contributed by atoms with E-state index < -0.39 is 5.97 Å². The zero-order valence-corrected chi connectivity index (χ0v) is 14.7. The Bertz CT molecular complexity index is 976. The smallest absolute Gasteiger partial charge is 0.348 e. The predicted molar refractivity (Wildman–Crippen MR) is 95.1 cm³/mol. The Morgan fingerprint density at radius 2 is 2.04 bits per heavy atom. The van der Waals surface area contributed by atoms with Gasteiger partial charge in [0.1, 0.15) is 4.88 Å². The third kappa shape index (κ3) is 3.21. The molecular formula is C17H15N5O3S. The lowest BCUT2D eigenvalue weighted by atomic mass is 10.2. The number of thiophene rings is 1. The SMILES string of the molecule is COC(=O)c1ccc(C(=O)Nc2cccc(-c3nnnn3C3CC3)c2)s1. The number of benzene rings is 1. The molecule has 1 aliphatic carbocycles. The van der Waals surface area contributed by atoms with E-state index in [4.69, 9.17) is 0 Å². The molecule has 0 bridgehead atoms. The quantitative estimate of drug-likeness (QED) is 0.694. The largest absolute Gasteiger partial charge is 0.465 e. The lowest BCUT2D eigenvalue weighted by molar-refractivity contribution is 0.0606. The van der Waals surface area contributed by atoms with Gasteiger partial charge < -0.3 is 10.1 Å². The summed E-state index contributed by atoms with van der Waals surface area (Å²) in [5.74, 6) is -0.0558. The van der Waals surface area contributed by atoms with Crippen molar-refractivity contribution in [3.05, 3.63) is 46.2 Å². The summed E-state index contributed by atoms with van der Waals surface area (Å²) in [5, 5.41) is 14.7. The third-order valence-electron chi connectivity index (χ3n) is 3.98. The van der Waals surface area contributed by atoms with Crippen LogP contribution in [-0.4, -0.2) is 39.2 Å². The fourth-order valence-corrected chi connectivity index (χ4v) is 3.37. The Balaban J connectivity index is 1.53. The van der Waals surface area contributed by atoms with Gasteiger partial charge in [-0.3, -0.25) is 4.79 Å². The molecule has 2 aromatic heterocycles. The first-order chi connectivity index (χ1) is 12.7. The van der Waals surface area contributed by atoms with E-state index in [0.717, 1.165) is 29.7 Å². The Kier molecular flexibility index (Phi) is 4.21. The van der Waals surface area contributed by atoms with Crippen LogP contribution in [0, 0.1) is 0 Å². The zero-order chi connectivity index (χ0) is 18.1. The van der Waals surface area contributed by atoms with Crippen LogP contribution in [0.4, 0.5) is 5.69 Å². The average Bonchev–Trinajstić information content (AvgIpc) is 3.19. The molecule has 1 saturated carbocycles. The molecule has 1 amide bonds. The monoisotopic (exact) mass is 369 g/mol. The van der Waals surface area contributed by atoms with Gasteiger partial charge in [-0.05, 0) is 47.5 Å². The van der Waals surface area contributed by atoms with Crippen LogP contribution in [0.5, 0.6) is 0 Å². The normalized spacial score (nSPS) is 13.4. The molecule has 0 saturated heterocycles. The van der Waals surface area contributed by atoms with Crippen LogP contribution in [0.25, 0.3) is 11.4 Å². The van der Waals surface area contributed by atoms with Crippen LogP contribution in [0.2, 0.25) is 0 Å². The average molecular weight is 369 g/mol. The van der Waals surface area contributed by atoms with E-state index in [9.17, 15) is 9.59 Å². The summed E-state index contributed by atoms with van der Waals surface area (Å²) in [6, 6.07) is 10.9. The number of hydrogen-bond donors (Lipinski definition) is 1. The van der Waals surface area contributed by atoms with Crippen LogP contribution < -0.4 is 5.32 Å². The standard InChI is InChI=1S/C17H15N5O3S/c1-25-17(24)14-8-7-13(26-14)16(23)18-11-4-2-3-10(9-11)15-19-20-21-22(15)12-5-6-12/h2-4,7-9,12H,5-6H2,1H3,(H,18,23). The Morgan fingerprint density at radius 3 is 2.81 bits per heavy atom. The van der Waals surface area contributed by atoms with Gasteiger partial charge in [0.2, 0.25) is 0 Å². The predicted octanol–water partition coefficient (Wildman–Crippen LogP) is 2.78. The number of methoxy groups -OCH3 is 1. The topological polar surface area (TPSA) is 99.0 Å². The lowest BCUT2D eigenvalue weighted by Crippen LogP contribution is -2.10. The van der Waals surface area contributed by atoms with Gasteiger partial charge in [-0.1, -0.05) is 12.1 Å². The van der Waals surface area contributed by atoms with Crippen molar-refractivity contribution >= 4 is 28.9 Å². The number of nitrogens with one attached hydrogen (secondary N) is 1. The number of tetrazole rings is 1. The molecule has 0 unspecified atom stereocenters. The van der Waals surface area contributed by atoms with Gasteiger partial charge in [0.15, 0.2) is 5.82 Å². The Hall–Kier alpha value is -3.07. The summed E-state index contributed by atoms with van der Waals surface area (Å²) < 4.78 is 6.48. The summed E-state index contributed by atoms with van der Waals surface area (Å²) in [4.78, 5) is 24.7. The van der Waals surface area contributed by atoms with Crippen LogP contribution in [0.3, 0.4) is 0 Å². The van der Waals surface area contributed by atoms with Crippen LogP contribution in [0.15, 0.2) is 36.4 Å². The maximum atomic E-state index is 12.4. The number of esters is 1. The minimum atomic E-state index is -0.456. The van der Waals surface area contributed by atoms with Gasteiger partial charge in [-0.2, -0.15) is 0 Å². The van der Waals surface area contributed by atoms with Crippen molar-refractivity contribution in [1.82, 2.24) is 20.2 Å². The summed E-state index contributed by atoms with van der Waals surface area (Å²) in [6.07, 6.45) is 2.16. The highest BCUT2D eigenvalue weighted by Crippen LogP contribution is 2.36. The minimum Gasteiger partial charge on any atom is -0.465 e. The Morgan fingerprint density at radius 1 is 1.23 bits per heavy atom. The van der Waals surface area contributed by atoms with E-state index in [-0.39, 0.29) is 5.91 Å². The number of rotatable bonds is 5. The fraction of sp³-hybridized carbons (Fsp3) is 0.235. The summed E-state index contributed by atoms with van der Waals surface area (Å²) in [5.41, 5.74) is 1.46. The van der Waals surface area contributed by atoms with Crippen molar-refractivity contribution < 1.29 is 14.3 Å². The highest BCUT2D eigenvalue weighted by molar-refractivity contribution is 7.16. The molecule has 1 aliphatic rings. The van der Waals surface area contributed by atoms with Crippen LogP contribution >= 0.6 is 11.3 Å². The molecule has 0 aliphatic heterocycles. The van der Waals surface area contributed by atoms with E-state index in [2.05, 4.69) is 25.6 Å². The molecule has 1 fully saturated rings. The second-order valence-corrected chi connectivity index (χ2v) is 6.95. The van der Waals surface area contributed by atoms with Crippen LogP contribution in [-0.2, 0) is 4.74 Å². The second-order valence-electron chi connectivity index (χ2n) is 5.87. The molecule has 0 radical (unpaired) electrons. The molecule has 0 atom stereocenters. The van der Waals surface area contributed by atoms with Gasteiger partial charge in [0, 0.05) is 11.3 Å². The van der Waals surface area contributed by atoms with Gasteiger partial charge in [0.25, 0.3) is 5.91 Å². The number of carbonyl (C=O) groups excluding carboxylic acids is 2. The van der Waals surface area contributed by atoms with Gasteiger partial charge in [0.05, 0.1) is 18.0 Å². The molecule has 4 rings (SSSR count). The number of anilines is 1. The molecule has 3 aromatic rings. The van der Waals surface area contributed by atoms with E-state index in [1.807, 2.05) is 22.9 Å².